The van der Waals surface area contributed by atoms with Gasteiger partial charge in [0.05, 0.1) is 5.92 Å². The van der Waals surface area contributed by atoms with E-state index in [-0.39, 0.29) is 17.9 Å². The van der Waals surface area contributed by atoms with Crippen molar-refractivity contribution in [2.75, 3.05) is 32.1 Å². The molecule has 4 nitrogen and oxygen atoms in total. The third-order valence-electron chi connectivity index (χ3n) is 4.27. The fraction of sp³-hybridized carbons (Fsp3) is 0.562. The second-order valence-electron chi connectivity index (χ2n) is 5.61. The first-order valence-corrected chi connectivity index (χ1v) is 8.29. The fourth-order valence-corrected chi connectivity index (χ4v) is 3.28. The van der Waals surface area contributed by atoms with E-state index in [1.165, 1.54) is 11.3 Å². The first kappa shape index (κ1) is 16.3. The molecule has 0 spiro atoms. The maximum Gasteiger partial charge on any atom is 0.224 e. The molecule has 1 amide bonds. The van der Waals surface area contributed by atoms with Crippen molar-refractivity contribution >= 4 is 27.5 Å². The Morgan fingerprint density at radius 2 is 2.19 bits per heavy atom. The Kier molecular flexibility index (Phi) is 5.65. The highest BCUT2D eigenvalue weighted by molar-refractivity contribution is 9.10. The molecule has 1 fully saturated rings. The van der Waals surface area contributed by atoms with E-state index < -0.39 is 0 Å². The van der Waals surface area contributed by atoms with Crippen LogP contribution in [-0.2, 0) is 4.79 Å². The van der Waals surface area contributed by atoms with Crippen LogP contribution < -0.4 is 15.5 Å². The van der Waals surface area contributed by atoms with E-state index >= 15 is 0 Å². The Morgan fingerprint density at radius 3 is 2.86 bits per heavy atom. The summed E-state index contributed by atoms with van der Waals surface area (Å²) in [7, 11) is 3.69. The quantitative estimate of drug-likeness (QED) is 0.874. The predicted molar refractivity (Wildman–Crippen MR) is 90.6 cm³/mol. The summed E-state index contributed by atoms with van der Waals surface area (Å²) in [5.74, 6) is 0.235. The lowest BCUT2D eigenvalue weighted by Gasteiger charge is -2.35. The van der Waals surface area contributed by atoms with Crippen molar-refractivity contribution in [1.29, 1.82) is 0 Å². The molecule has 1 aromatic carbocycles. The van der Waals surface area contributed by atoms with Gasteiger partial charge in [0.2, 0.25) is 5.91 Å². The van der Waals surface area contributed by atoms with Crippen LogP contribution in [0.3, 0.4) is 0 Å². The summed E-state index contributed by atoms with van der Waals surface area (Å²) in [4.78, 5) is 14.3. The van der Waals surface area contributed by atoms with Crippen molar-refractivity contribution in [2.24, 2.45) is 5.92 Å². The first-order valence-electron chi connectivity index (χ1n) is 7.50. The Bertz CT molecular complexity index is 506. The van der Waals surface area contributed by atoms with E-state index in [2.05, 4.69) is 56.6 Å². The molecule has 2 unspecified atom stereocenters. The lowest BCUT2D eigenvalue weighted by molar-refractivity contribution is -0.124. The molecule has 1 aliphatic rings. The van der Waals surface area contributed by atoms with Crippen LogP contribution in [-0.4, -0.2) is 33.1 Å². The van der Waals surface area contributed by atoms with Crippen LogP contribution in [0.5, 0.6) is 0 Å². The highest BCUT2D eigenvalue weighted by Crippen LogP contribution is 2.32. The predicted octanol–water partition coefficient (Wildman–Crippen LogP) is 2.69. The second-order valence-corrected chi connectivity index (χ2v) is 6.53. The van der Waals surface area contributed by atoms with E-state index in [4.69, 9.17) is 0 Å². The van der Waals surface area contributed by atoms with Gasteiger partial charge in [-0.05, 0) is 44.5 Å². The van der Waals surface area contributed by atoms with Crippen molar-refractivity contribution < 1.29 is 4.79 Å². The number of nitrogens with zero attached hydrogens (tertiary/aromatic N) is 1. The molecule has 116 valence electrons. The Balaban J connectivity index is 2.27. The zero-order valence-electron chi connectivity index (χ0n) is 12.9. The van der Waals surface area contributed by atoms with Crippen LogP contribution in [0.4, 0.5) is 5.69 Å². The van der Waals surface area contributed by atoms with Crippen LogP contribution in [0.2, 0.25) is 0 Å². The number of nitrogens with one attached hydrogen (secondary N) is 2. The van der Waals surface area contributed by atoms with Crippen molar-refractivity contribution in [1.82, 2.24) is 10.6 Å². The summed E-state index contributed by atoms with van der Waals surface area (Å²) in [6.07, 6.45) is 2.03. The lowest BCUT2D eigenvalue weighted by atomic mass is 9.95. The zero-order chi connectivity index (χ0) is 15.4. The maximum absolute atomic E-state index is 11.9. The van der Waals surface area contributed by atoms with E-state index in [9.17, 15) is 4.79 Å². The molecule has 1 saturated heterocycles. The molecule has 0 saturated carbocycles. The van der Waals surface area contributed by atoms with Gasteiger partial charge in [0.15, 0.2) is 0 Å². The van der Waals surface area contributed by atoms with Crippen molar-refractivity contribution in [3.05, 3.63) is 28.2 Å². The highest BCUT2D eigenvalue weighted by Gasteiger charge is 2.27. The number of piperidine rings is 1. The van der Waals surface area contributed by atoms with Crippen LogP contribution >= 0.6 is 15.9 Å². The van der Waals surface area contributed by atoms with Gasteiger partial charge in [0.25, 0.3) is 0 Å². The number of amides is 1. The van der Waals surface area contributed by atoms with Crippen molar-refractivity contribution in [2.45, 2.75) is 25.8 Å². The number of carbonyl (C=O) groups is 1. The van der Waals surface area contributed by atoms with E-state index in [0.717, 1.165) is 30.4 Å². The molecule has 1 heterocycles. The van der Waals surface area contributed by atoms with Gasteiger partial charge < -0.3 is 15.5 Å². The molecule has 0 aliphatic carbocycles. The number of benzene rings is 1. The molecule has 2 rings (SSSR count). The maximum atomic E-state index is 11.9. The minimum Gasteiger partial charge on any atom is -0.370 e. The standard InChI is InChI=1S/C16H24BrN3O/c1-11(18-2)14-7-6-13(17)9-15(14)20-8-4-5-12(10-20)16(21)19-3/h6-7,9,11-12,18H,4-5,8,10H2,1-3H3,(H,19,21). The number of hydrogen-bond donors (Lipinski definition) is 2. The normalized spacial score (nSPS) is 20.2. The minimum atomic E-state index is 0.0838. The van der Waals surface area contributed by atoms with E-state index in [0.29, 0.717) is 0 Å². The molecule has 5 heteroatoms. The van der Waals surface area contributed by atoms with Gasteiger partial charge in [-0.1, -0.05) is 22.0 Å². The highest BCUT2D eigenvalue weighted by atomic mass is 79.9. The third kappa shape index (κ3) is 3.77. The molecule has 0 aromatic heterocycles. The number of carbonyl (C=O) groups excluding carboxylic acids is 1. The number of anilines is 1. The van der Waals surface area contributed by atoms with Gasteiger partial charge in [-0.25, -0.2) is 0 Å². The minimum absolute atomic E-state index is 0.0838. The van der Waals surface area contributed by atoms with Gasteiger partial charge in [0, 0.05) is 36.3 Å². The number of rotatable bonds is 4. The SMILES string of the molecule is CNC(=O)C1CCCN(c2cc(Br)ccc2C(C)NC)C1. The van der Waals surface area contributed by atoms with Gasteiger partial charge in [0.1, 0.15) is 0 Å². The first-order chi connectivity index (χ1) is 10.1. The molecule has 2 atom stereocenters. The monoisotopic (exact) mass is 353 g/mol. The van der Waals surface area contributed by atoms with E-state index in [1.54, 1.807) is 7.05 Å². The van der Waals surface area contributed by atoms with Crippen molar-refractivity contribution in [3.8, 4) is 0 Å². The average Bonchev–Trinajstić information content (AvgIpc) is 2.53. The summed E-state index contributed by atoms with van der Waals surface area (Å²) < 4.78 is 1.08. The summed E-state index contributed by atoms with van der Waals surface area (Å²) in [6.45, 7) is 3.96. The number of halogens is 1. The molecule has 0 bridgehead atoms. The summed E-state index contributed by atoms with van der Waals surface area (Å²) in [5, 5.41) is 6.08. The number of hydrogen-bond acceptors (Lipinski definition) is 3. The summed E-state index contributed by atoms with van der Waals surface area (Å²) in [6, 6.07) is 6.68. The molecule has 0 radical (unpaired) electrons. The largest absolute Gasteiger partial charge is 0.370 e. The van der Waals surface area contributed by atoms with Gasteiger partial charge in [-0.2, -0.15) is 0 Å². The van der Waals surface area contributed by atoms with Crippen LogP contribution in [0, 0.1) is 5.92 Å². The second kappa shape index (κ2) is 7.27. The molecular weight excluding hydrogens is 330 g/mol. The van der Waals surface area contributed by atoms with Crippen LogP contribution in [0.15, 0.2) is 22.7 Å². The molecule has 1 aromatic rings. The van der Waals surface area contributed by atoms with E-state index in [1.807, 2.05) is 7.05 Å². The molecule has 2 N–H and O–H groups in total. The zero-order valence-corrected chi connectivity index (χ0v) is 14.5. The van der Waals surface area contributed by atoms with Crippen LogP contribution in [0.25, 0.3) is 0 Å². The Labute approximate surface area is 135 Å². The van der Waals surface area contributed by atoms with Gasteiger partial charge >= 0.3 is 0 Å². The third-order valence-corrected chi connectivity index (χ3v) is 4.76. The average molecular weight is 354 g/mol. The smallest absolute Gasteiger partial charge is 0.224 e. The summed E-state index contributed by atoms with van der Waals surface area (Å²) >= 11 is 3.57. The Hall–Kier alpha value is -1.07. The van der Waals surface area contributed by atoms with Crippen LogP contribution in [0.1, 0.15) is 31.4 Å². The molecular formula is C16H24BrN3O. The van der Waals surface area contributed by atoms with Crippen molar-refractivity contribution in [3.63, 3.8) is 0 Å². The van der Waals surface area contributed by atoms with Gasteiger partial charge in [-0.3, -0.25) is 4.79 Å². The molecule has 1 aliphatic heterocycles. The molecule has 21 heavy (non-hydrogen) atoms. The lowest BCUT2D eigenvalue weighted by Crippen LogP contribution is -2.42. The fourth-order valence-electron chi connectivity index (χ4n) is 2.93. The summed E-state index contributed by atoms with van der Waals surface area (Å²) in [5.41, 5.74) is 2.50. The van der Waals surface area contributed by atoms with Gasteiger partial charge in [-0.15, -0.1) is 0 Å². The topological polar surface area (TPSA) is 44.4 Å². The Morgan fingerprint density at radius 1 is 1.43 bits per heavy atom.